The molecule has 0 aliphatic carbocycles. The van der Waals surface area contributed by atoms with E-state index in [1.165, 1.54) is 0 Å². The predicted octanol–water partition coefficient (Wildman–Crippen LogP) is 1.28. The van der Waals surface area contributed by atoms with Gasteiger partial charge in [-0.15, -0.1) is 0 Å². The van der Waals surface area contributed by atoms with Crippen LogP contribution in [0.3, 0.4) is 0 Å². The van der Waals surface area contributed by atoms with E-state index in [1.807, 2.05) is 6.92 Å². The van der Waals surface area contributed by atoms with Gasteiger partial charge in [0, 0.05) is 12.6 Å². The minimum absolute atomic E-state index is 0.142. The fourth-order valence-electron chi connectivity index (χ4n) is 2.67. The van der Waals surface area contributed by atoms with Crippen LogP contribution in [0.1, 0.15) is 42.0 Å². The van der Waals surface area contributed by atoms with Crippen molar-refractivity contribution in [3.63, 3.8) is 0 Å². The number of aryl methyl sites for hydroxylation is 2. The van der Waals surface area contributed by atoms with Gasteiger partial charge in [-0.25, -0.2) is 0 Å². The van der Waals surface area contributed by atoms with Crippen molar-refractivity contribution >= 4 is 11.9 Å². The van der Waals surface area contributed by atoms with Crippen molar-refractivity contribution < 1.29 is 14.7 Å². The molecule has 108 valence electrons. The highest BCUT2D eigenvalue weighted by molar-refractivity contribution is 5.96. The molecule has 2 unspecified atom stereocenters. The number of nitrogens with zero attached hydrogens (tertiary/aromatic N) is 3. The Kier molecular flexibility index (Phi) is 4.01. The molecular weight excluding hydrogens is 258 g/mol. The second kappa shape index (κ2) is 5.56. The highest BCUT2D eigenvalue weighted by Gasteiger charge is 2.38. The van der Waals surface area contributed by atoms with Crippen molar-refractivity contribution in [2.45, 2.75) is 39.7 Å². The van der Waals surface area contributed by atoms with E-state index in [0.717, 1.165) is 0 Å². The van der Waals surface area contributed by atoms with Crippen LogP contribution in [-0.2, 0) is 11.2 Å². The maximum Gasteiger partial charge on any atom is 0.308 e. The summed E-state index contributed by atoms with van der Waals surface area (Å²) in [6.07, 6.45) is 1.13. The number of amides is 1. The summed E-state index contributed by atoms with van der Waals surface area (Å²) < 4.78 is 0. The molecule has 1 aromatic heterocycles. The number of aromatic nitrogens is 2. The van der Waals surface area contributed by atoms with Crippen LogP contribution in [0.4, 0.5) is 0 Å². The van der Waals surface area contributed by atoms with Crippen LogP contribution >= 0.6 is 0 Å². The van der Waals surface area contributed by atoms with Crippen LogP contribution in [-0.4, -0.2) is 44.7 Å². The van der Waals surface area contributed by atoms with Crippen LogP contribution in [0.15, 0.2) is 6.07 Å². The highest BCUT2D eigenvalue weighted by Crippen LogP contribution is 2.26. The van der Waals surface area contributed by atoms with Crippen molar-refractivity contribution in [2.75, 3.05) is 6.54 Å². The van der Waals surface area contributed by atoms with Gasteiger partial charge < -0.3 is 10.0 Å². The van der Waals surface area contributed by atoms with E-state index < -0.39 is 11.9 Å². The maximum absolute atomic E-state index is 12.6. The van der Waals surface area contributed by atoms with E-state index >= 15 is 0 Å². The lowest BCUT2D eigenvalue weighted by molar-refractivity contribution is -0.142. The van der Waals surface area contributed by atoms with E-state index in [0.29, 0.717) is 36.3 Å². The summed E-state index contributed by atoms with van der Waals surface area (Å²) in [5, 5.41) is 17.2. The molecule has 1 N–H and O–H groups in total. The van der Waals surface area contributed by atoms with Crippen molar-refractivity contribution in [3.8, 4) is 0 Å². The molecule has 6 heteroatoms. The number of carbonyl (C=O) groups excluding carboxylic acids is 1. The summed E-state index contributed by atoms with van der Waals surface area (Å²) in [6, 6.07) is 1.44. The number of aliphatic carboxylic acids is 1. The van der Waals surface area contributed by atoms with Crippen LogP contribution in [0.5, 0.6) is 0 Å². The van der Waals surface area contributed by atoms with Crippen LogP contribution in [0.25, 0.3) is 0 Å². The van der Waals surface area contributed by atoms with Gasteiger partial charge in [0.25, 0.3) is 5.91 Å². The second-order valence-electron chi connectivity index (χ2n) is 5.17. The Morgan fingerprint density at radius 1 is 1.45 bits per heavy atom. The normalized spacial score (nSPS) is 22.1. The number of hydrogen-bond donors (Lipinski definition) is 1. The first-order chi connectivity index (χ1) is 9.45. The SMILES string of the molecule is CCc1nnc(C)cc1C(=O)N1CCC(C(=O)O)C1C. The molecule has 1 aliphatic heterocycles. The average molecular weight is 277 g/mol. The third-order valence-electron chi connectivity index (χ3n) is 3.89. The molecule has 2 atom stereocenters. The van der Waals surface area contributed by atoms with Gasteiger partial charge in [0.05, 0.1) is 22.9 Å². The fraction of sp³-hybridized carbons (Fsp3) is 0.571. The minimum Gasteiger partial charge on any atom is -0.481 e. The molecule has 1 fully saturated rings. The van der Waals surface area contributed by atoms with Crippen LogP contribution in [0.2, 0.25) is 0 Å². The number of carboxylic acid groups (broad SMARTS) is 1. The predicted molar refractivity (Wildman–Crippen MR) is 72.4 cm³/mol. The zero-order valence-electron chi connectivity index (χ0n) is 12.0. The maximum atomic E-state index is 12.6. The van der Waals surface area contributed by atoms with Gasteiger partial charge >= 0.3 is 5.97 Å². The molecule has 1 aromatic rings. The average Bonchev–Trinajstić information content (AvgIpc) is 2.79. The molecule has 0 radical (unpaired) electrons. The fourth-order valence-corrected chi connectivity index (χ4v) is 2.67. The molecule has 6 nitrogen and oxygen atoms in total. The van der Waals surface area contributed by atoms with Crippen molar-refractivity contribution in [2.24, 2.45) is 5.92 Å². The summed E-state index contributed by atoms with van der Waals surface area (Å²) in [7, 11) is 0. The quantitative estimate of drug-likeness (QED) is 0.899. The lowest BCUT2D eigenvalue weighted by Gasteiger charge is -2.24. The summed E-state index contributed by atoms with van der Waals surface area (Å²) in [6.45, 7) is 5.97. The first-order valence-corrected chi connectivity index (χ1v) is 6.82. The smallest absolute Gasteiger partial charge is 0.308 e. The Morgan fingerprint density at radius 3 is 2.70 bits per heavy atom. The lowest BCUT2D eigenvalue weighted by atomic mass is 10.0. The van der Waals surface area contributed by atoms with Crippen LogP contribution in [0, 0.1) is 12.8 Å². The van der Waals surface area contributed by atoms with Crippen molar-refractivity contribution in [1.29, 1.82) is 0 Å². The third-order valence-corrected chi connectivity index (χ3v) is 3.89. The van der Waals surface area contributed by atoms with E-state index in [2.05, 4.69) is 10.2 Å². The molecule has 2 rings (SSSR count). The second-order valence-corrected chi connectivity index (χ2v) is 5.17. The van der Waals surface area contributed by atoms with Gasteiger partial charge in [0.15, 0.2) is 0 Å². The number of hydrogen-bond acceptors (Lipinski definition) is 4. The molecule has 0 spiro atoms. The molecule has 0 saturated carbocycles. The number of carbonyl (C=O) groups is 2. The molecular formula is C14H19N3O3. The van der Waals surface area contributed by atoms with Gasteiger partial charge in [-0.05, 0) is 32.8 Å². The number of rotatable bonds is 3. The Hall–Kier alpha value is -1.98. The lowest BCUT2D eigenvalue weighted by Crippen LogP contribution is -2.38. The van der Waals surface area contributed by atoms with E-state index in [4.69, 9.17) is 5.11 Å². The molecule has 0 aromatic carbocycles. The van der Waals surface area contributed by atoms with Crippen LogP contribution < -0.4 is 0 Å². The van der Waals surface area contributed by atoms with E-state index in [1.54, 1.807) is 24.8 Å². The number of carboxylic acids is 1. The standard InChI is InChI=1S/C14H19N3O3/c1-4-12-11(7-8(2)15-16-12)13(18)17-6-5-10(9(17)3)14(19)20/h7,9-10H,4-6H2,1-3H3,(H,19,20). The van der Waals surface area contributed by atoms with E-state index in [-0.39, 0.29) is 11.9 Å². The minimum atomic E-state index is -0.840. The highest BCUT2D eigenvalue weighted by atomic mass is 16.4. The summed E-state index contributed by atoms with van der Waals surface area (Å²) in [5.41, 5.74) is 1.89. The Bertz CT molecular complexity index is 544. The molecule has 1 amide bonds. The zero-order chi connectivity index (χ0) is 14.9. The monoisotopic (exact) mass is 277 g/mol. The Morgan fingerprint density at radius 2 is 2.15 bits per heavy atom. The summed E-state index contributed by atoms with van der Waals surface area (Å²) in [5.74, 6) is -1.47. The molecule has 1 aliphatic rings. The van der Waals surface area contributed by atoms with Gasteiger partial charge in [0.1, 0.15) is 0 Å². The molecule has 20 heavy (non-hydrogen) atoms. The van der Waals surface area contributed by atoms with Gasteiger partial charge in [0.2, 0.25) is 0 Å². The molecule has 2 heterocycles. The topological polar surface area (TPSA) is 83.4 Å². The van der Waals surface area contributed by atoms with Gasteiger partial charge in [-0.2, -0.15) is 10.2 Å². The van der Waals surface area contributed by atoms with E-state index in [9.17, 15) is 9.59 Å². The summed E-state index contributed by atoms with van der Waals surface area (Å²) in [4.78, 5) is 25.4. The molecule has 1 saturated heterocycles. The van der Waals surface area contributed by atoms with Crippen molar-refractivity contribution in [3.05, 3.63) is 23.0 Å². The first-order valence-electron chi connectivity index (χ1n) is 6.82. The number of likely N-dealkylation sites (tertiary alicyclic amines) is 1. The zero-order valence-corrected chi connectivity index (χ0v) is 12.0. The van der Waals surface area contributed by atoms with Gasteiger partial charge in [-0.1, -0.05) is 6.92 Å². The van der Waals surface area contributed by atoms with Gasteiger partial charge in [-0.3, -0.25) is 9.59 Å². The summed E-state index contributed by atoms with van der Waals surface area (Å²) >= 11 is 0. The first kappa shape index (κ1) is 14.4. The van der Waals surface area contributed by atoms with Crippen molar-refractivity contribution in [1.82, 2.24) is 15.1 Å². The Balaban J connectivity index is 2.29. The largest absolute Gasteiger partial charge is 0.481 e. The third kappa shape index (κ3) is 2.50. The molecule has 0 bridgehead atoms. The Labute approximate surface area is 117 Å².